The fraction of sp³-hybridized carbons (Fsp3) is 0.167. The standard InChI is InChI=1S/C18H15BrO5/c1-21-15-6-4-12(9-16(15)22-2)14(20)5-3-11-7-13(19)18-17(8-11)23-10-24-18/h3-9H,10H2,1-2H3/b5-3+. The van der Waals surface area contributed by atoms with E-state index in [1.54, 1.807) is 31.4 Å². The molecule has 0 saturated carbocycles. The van der Waals surface area contributed by atoms with Crippen LogP contribution in [0.5, 0.6) is 23.0 Å². The molecule has 124 valence electrons. The number of rotatable bonds is 5. The maximum absolute atomic E-state index is 12.4. The van der Waals surface area contributed by atoms with Gasteiger partial charge in [-0.05, 0) is 57.9 Å². The van der Waals surface area contributed by atoms with Crippen molar-refractivity contribution in [2.24, 2.45) is 0 Å². The monoisotopic (exact) mass is 390 g/mol. The lowest BCUT2D eigenvalue weighted by atomic mass is 10.1. The van der Waals surface area contributed by atoms with Gasteiger partial charge in [0.25, 0.3) is 0 Å². The number of fused-ring (bicyclic) bond motifs is 1. The van der Waals surface area contributed by atoms with E-state index in [2.05, 4.69) is 15.9 Å². The molecule has 6 heteroatoms. The number of benzene rings is 2. The van der Waals surface area contributed by atoms with E-state index in [1.165, 1.54) is 13.2 Å². The number of hydrogen-bond acceptors (Lipinski definition) is 5. The van der Waals surface area contributed by atoms with Crippen LogP contribution in [0.1, 0.15) is 15.9 Å². The molecule has 0 unspecified atom stereocenters. The van der Waals surface area contributed by atoms with Crippen LogP contribution in [0.25, 0.3) is 6.08 Å². The molecule has 1 heterocycles. The van der Waals surface area contributed by atoms with Crippen LogP contribution in [0.3, 0.4) is 0 Å². The van der Waals surface area contributed by atoms with Crippen molar-refractivity contribution in [2.45, 2.75) is 0 Å². The molecule has 0 bridgehead atoms. The van der Waals surface area contributed by atoms with Gasteiger partial charge in [0.15, 0.2) is 28.8 Å². The summed E-state index contributed by atoms with van der Waals surface area (Å²) in [7, 11) is 3.09. The van der Waals surface area contributed by atoms with Crippen molar-refractivity contribution in [3.05, 3.63) is 52.0 Å². The molecule has 0 spiro atoms. The van der Waals surface area contributed by atoms with Crippen LogP contribution in [0.4, 0.5) is 0 Å². The molecule has 1 aliphatic rings. The summed E-state index contributed by atoms with van der Waals surface area (Å²) in [5, 5.41) is 0. The average Bonchev–Trinajstić information content (AvgIpc) is 3.08. The van der Waals surface area contributed by atoms with Crippen LogP contribution >= 0.6 is 15.9 Å². The van der Waals surface area contributed by atoms with Gasteiger partial charge in [0.05, 0.1) is 18.7 Å². The molecular formula is C18H15BrO5. The molecule has 2 aromatic carbocycles. The lowest BCUT2D eigenvalue weighted by Crippen LogP contribution is -1.97. The highest BCUT2D eigenvalue weighted by Crippen LogP contribution is 2.40. The van der Waals surface area contributed by atoms with Gasteiger partial charge in [-0.15, -0.1) is 0 Å². The second kappa shape index (κ2) is 6.97. The van der Waals surface area contributed by atoms with E-state index in [0.29, 0.717) is 28.6 Å². The quantitative estimate of drug-likeness (QED) is 0.568. The van der Waals surface area contributed by atoms with Crippen molar-refractivity contribution in [3.8, 4) is 23.0 Å². The fourth-order valence-electron chi connectivity index (χ4n) is 2.34. The molecule has 1 aliphatic heterocycles. The molecule has 0 aromatic heterocycles. The summed E-state index contributed by atoms with van der Waals surface area (Å²) in [6, 6.07) is 8.75. The van der Waals surface area contributed by atoms with Crippen molar-refractivity contribution >= 4 is 27.8 Å². The number of ether oxygens (including phenoxy) is 4. The number of carbonyl (C=O) groups is 1. The van der Waals surface area contributed by atoms with E-state index in [1.807, 2.05) is 12.1 Å². The largest absolute Gasteiger partial charge is 0.493 e. The Morgan fingerprint density at radius 2 is 1.92 bits per heavy atom. The van der Waals surface area contributed by atoms with Gasteiger partial charge >= 0.3 is 0 Å². The maximum atomic E-state index is 12.4. The molecular weight excluding hydrogens is 376 g/mol. The third-order valence-electron chi connectivity index (χ3n) is 3.54. The Morgan fingerprint density at radius 1 is 1.12 bits per heavy atom. The van der Waals surface area contributed by atoms with Gasteiger partial charge in [0.2, 0.25) is 6.79 Å². The first-order chi connectivity index (χ1) is 11.6. The van der Waals surface area contributed by atoms with Crippen molar-refractivity contribution in [3.63, 3.8) is 0 Å². The maximum Gasteiger partial charge on any atom is 0.231 e. The third kappa shape index (κ3) is 3.23. The summed E-state index contributed by atoms with van der Waals surface area (Å²) >= 11 is 3.43. The highest BCUT2D eigenvalue weighted by molar-refractivity contribution is 9.10. The lowest BCUT2D eigenvalue weighted by molar-refractivity contribution is 0.104. The number of methoxy groups -OCH3 is 2. The molecule has 3 rings (SSSR count). The first kappa shape index (κ1) is 16.4. The van der Waals surface area contributed by atoms with E-state index in [0.717, 1.165) is 10.0 Å². The zero-order valence-corrected chi connectivity index (χ0v) is 14.8. The normalized spacial score (nSPS) is 12.5. The van der Waals surface area contributed by atoms with Crippen molar-refractivity contribution in [1.29, 1.82) is 0 Å². The summed E-state index contributed by atoms with van der Waals surface area (Å²) in [4.78, 5) is 12.4. The fourth-order valence-corrected chi connectivity index (χ4v) is 2.92. The molecule has 2 aromatic rings. The minimum atomic E-state index is -0.134. The van der Waals surface area contributed by atoms with Crippen molar-refractivity contribution in [1.82, 2.24) is 0 Å². The predicted octanol–water partition coefficient (Wildman–Crippen LogP) is 4.09. The Hall–Kier alpha value is -2.47. The van der Waals surface area contributed by atoms with Crippen LogP contribution < -0.4 is 18.9 Å². The van der Waals surface area contributed by atoms with E-state index in [4.69, 9.17) is 18.9 Å². The average molecular weight is 391 g/mol. The topological polar surface area (TPSA) is 54.0 Å². The molecule has 0 N–H and O–H groups in total. The second-order valence-electron chi connectivity index (χ2n) is 5.00. The van der Waals surface area contributed by atoms with Crippen LogP contribution in [0, 0.1) is 0 Å². The molecule has 0 aliphatic carbocycles. The summed E-state index contributed by atoms with van der Waals surface area (Å²) in [5.41, 5.74) is 1.35. The van der Waals surface area contributed by atoms with Crippen LogP contribution in [-0.4, -0.2) is 26.8 Å². The van der Waals surface area contributed by atoms with Crippen molar-refractivity contribution in [2.75, 3.05) is 21.0 Å². The van der Waals surface area contributed by atoms with Gasteiger partial charge in [0, 0.05) is 5.56 Å². The van der Waals surface area contributed by atoms with E-state index < -0.39 is 0 Å². The Labute approximate surface area is 147 Å². The highest BCUT2D eigenvalue weighted by atomic mass is 79.9. The molecule has 0 fully saturated rings. The van der Waals surface area contributed by atoms with Crippen LogP contribution in [0.15, 0.2) is 40.9 Å². The number of ketones is 1. The first-order valence-corrected chi connectivity index (χ1v) is 7.95. The Morgan fingerprint density at radius 3 is 2.67 bits per heavy atom. The first-order valence-electron chi connectivity index (χ1n) is 7.16. The molecule has 0 radical (unpaired) electrons. The number of hydrogen-bond donors (Lipinski definition) is 0. The number of halogens is 1. The SMILES string of the molecule is COc1ccc(C(=O)/C=C/c2cc(Br)c3c(c2)OCO3)cc1OC. The highest BCUT2D eigenvalue weighted by Gasteiger charge is 2.17. The van der Waals surface area contributed by atoms with Gasteiger partial charge in [-0.1, -0.05) is 6.08 Å². The third-order valence-corrected chi connectivity index (χ3v) is 4.13. The summed E-state index contributed by atoms with van der Waals surface area (Å²) in [6.45, 7) is 0.200. The minimum absolute atomic E-state index is 0.134. The smallest absolute Gasteiger partial charge is 0.231 e. The van der Waals surface area contributed by atoms with Gasteiger partial charge in [-0.3, -0.25) is 4.79 Å². The second-order valence-corrected chi connectivity index (χ2v) is 5.86. The van der Waals surface area contributed by atoms with Gasteiger partial charge < -0.3 is 18.9 Å². The Bertz CT molecular complexity index is 813. The Balaban J connectivity index is 1.82. The van der Waals surface area contributed by atoms with E-state index >= 15 is 0 Å². The van der Waals surface area contributed by atoms with Gasteiger partial charge in [-0.2, -0.15) is 0 Å². The zero-order valence-electron chi connectivity index (χ0n) is 13.2. The molecule has 5 nitrogen and oxygen atoms in total. The summed E-state index contributed by atoms with van der Waals surface area (Å²) in [6.07, 6.45) is 3.23. The van der Waals surface area contributed by atoms with Gasteiger partial charge in [-0.25, -0.2) is 0 Å². The zero-order chi connectivity index (χ0) is 17.1. The Kier molecular flexibility index (Phi) is 4.76. The summed E-state index contributed by atoms with van der Waals surface area (Å²) in [5.74, 6) is 2.30. The predicted molar refractivity (Wildman–Crippen MR) is 93.2 cm³/mol. The van der Waals surface area contributed by atoms with Crippen molar-refractivity contribution < 1.29 is 23.7 Å². The number of carbonyl (C=O) groups excluding carboxylic acids is 1. The van der Waals surface area contributed by atoms with E-state index in [-0.39, 0.29) is 12.6 Å². The van der Waals surface area contributed by atoms with E-state index in [9.17, 15) is 4.79 Å². The van der Waals surface area contributed by atoms with Crippen LogP contribution in [-0.2, 0) is 0 Å². The summed E-state index contributed by atoms with van der Waals surface area (Å²) < 4.78 is 21.9. The van der Waals surface area contributed by atoms with Crippen LogP contribution in [0.2, 0.25) is 0 Å². The lowest BCUT2D eigenvalue weighted by Gasteiger charge is -2.08. The molecule has 24 heavy (non-hydrogen) atoms. The molecule has 0 amide bonds. The van der Waals surface area contributed by atoms with Gasteiger partial charge in [0.1, 0.15) is 0 Å². The molecule has 0 saturated heterocycles. The molecule has 0 atom stereocenters. The number of allylic oxidation sites excluding steroid dienone is 1. The minimum Gasteiger partial charge on any atom is -0.493 e.